The van der Waals surface area contributed by atoms with Crippen LogP contribution < -0.4 is 10.2 Å². The first-order valence-electron chi connectivity index (χ1n) is 6.02. The molecule has 2 aromatic carbocycles. The largest absolute Gasteiger partial charge is 0.496 e. The van der Waals surface area contributed by atoms with E-state index >= 15 is 0 Å². The van der Waals surface area contributed by atoms with Gasteiger partial charge in [0.25, 0.3) is 0 Å². The summed E-state index contributed by atoms with van der Waals surface area (Å²) in [5.74, 6) is 0.889. The molecule has 3 heteroatoms. The summed E-state index contributed by atoms with van der Waals surface area (Å²) in [6.45, 7) is 2.14. The van der Waals surface area contributed by atoms with E-state index in [1.807, 2.05) is 31.1 Å². The smallest absolute Gasteiger partial charge is 0.323 e. The number of hydrogen-bond acceptors (Lipinski definition) is 2. The first-order chi connectivity index (χ1) is 8.76. The summed E-state index contributed by atoms with van der Waals surface area (Å²) in [6, 6.07) is 16.4. The van der Waals surface area contributed by atoms with Crippen LogP contribution in [0.15, 0.2) is 48.5 Å². The third kappa shape index (κ3) is 2.57. The lowest BCUT2D eigenvalue weighted by Crippen LogP contribution is -2.28. The van der Waals surface area contributed by atoms with Gasteiger partial charge in [-0.15, -0.1) is 0 Å². The standard InChI is InChI=1S/C15H17BO2/c1-16(18-3)13-8-6-7-12(11-13)14-9-4-5-10-15(14)17-2/h4-11H,1-3H3. The molecule has 92 valence electrons. The molecule has 0 saturated carbocycles. The predicted octanol–water partition coefficient (Wildman–Crippen LogP) is 2.84. The monoisotopic (exact) mass is 240 g/mol. The molecule has 2 aromatic rings. The predicted molar refractivity (Wildman–Crippen MR) is 76.7 cm³/mol. The summed E-state index contributed by atoms with van der Waals surface area (Å²) in [5.41, 5.74) is 3.42. The zero-order valence-corrected chi connectivity index (χ0v) is 11.0. The van der Waals surface area contributed by atoms with Crippen LogP contribution in [0, 0.1) is 0 Å². The Bertz CT molecular complexity index is 525. The van der Waals surface area contributed by atoms with Gasteiger partial charge in [-0.2, -0.15) is 0 Å². The number of hydrogen-bond donors (Lipinski definition) is 0. The Hall–Kier alpha value is -1.74. The molecule has 18 heavy (non-hydrogen) atoms. The number of benzene rings is 2. The maximum atomic E-state index is 5.40. The molecule has 0 fully saturated rings. The number of methoxy groups -OCH3 is 1. The van der Waals surface area contributed by atoms with Crippen molar-refractivity contribution in [2.24, 2.45) is 0 Å². The molecule has 0 aliphatic carbocycles. The maximum absolute atomic E-state index is 5.40. The molecule has 2 rings (SSSR count). The van der Waals surface area contributed by atoms with Gasteiger partial charge < -0.3 is 9.39 Å². The minimum atomic E-state index is 0.0969. The molecule has 0 bridgehead atoms. The molecular formula is C15H17BO2. The molecule has 0 heterocycles. The van der Waals surface area contributed by atoms with E-state index in [1.165, 1.54) is 5.46 Å². The van der Waals surface area contributed by atoms with Crippen LogP contribution in [0.25, 0.3) is 11.1 Å². The fourth-order valence-electron chi connectivity index (χ4n) is 1.98. The van der Waals surface area contributed by atoms with Gasteiger partial charge in [0.05, 0.1) is 7.11 Å². The summed E-state index contributed by atoms with van der Waals surface area (Å²) in [4.78, 5) is 0. The molecular weight excluding hydrogens is 223 g/mol. The highest BCUT2D eigenvalue weighted by Gasteiger charge is 2.11. The van der Waals surface area contributed by atoms with E-state index in [4.69, 9.17) is 9.39 Å². The van der Waals surface area contributed by atoms with E-state index in [0.717, 1.165) is 16.9 Å². The van der Waals surface area contributed by atoms with Gasteiger partial charge in [-0.25, -0.2) is 0 Å². The number of rotatable bonds is 4. The highest BCUT2D eigenvalue weighted by molar-refractivity contribution is 6.66. The van der Waals surface area contributed by atoms with Crippen LogP contribution in [0.5, 0.6) is 5.75 Å². The van der Waals surface area contributed by atoms with Crippen molar-refractivity contribution < 1.29 is 9.39 Å². The van der Waals surface area contributed by atoms with Gasteiger partial charge in [-0.3, -0.25) is 0 Å². The highest BCUT2D eigenvalue weighted by atomic mass is 16.5. The maximum Gasteiger partial charge on any atom is 0.323 e. The van der Waals surface area contributed by atoms with Gasteiger partial charge in [0.2, 0.25) is 0 Å². The van der Waals surface area contributed by atoms with E-state index in [9.17, 15) is 0 Å². The van der Waals surface area contributed by atoms with Crippen LogP contribution >= 0.6 is 0 Å². The highest BCUT2D eigenvalue weighted by Crippen LogP contribution is 2.28. The van der Waals surface area contributed by atoms with Crippen molar-refractivity contribution in [2.45, 2.75) is 6.82 Å². The van der Waals surface area contributed by atoms with Crippen molar-refractivity contribution in [1.82, 2.24) is 0 Å². The molecule has 2 nitrogen and oxygen atoms in total. The van der Waals surface area contributed by atoms with Crippen LogP contribution in [0.2, 0.25) is 6.82 Å². The Morgan fingerprint density at radius 1 is 0.944 bits per heavy atom. The first-order valence-corrected chi connectivity index (χ1v) is 6.02. The van der Waals surface area contributed by atoms with Crippen molar-refractivity contribution >= 4 is 12.4 Å². The van der Waals surface area contributed by atoms with Crippen molar-refractivity contribution in [1.29, 1.82) is 0 Å². The van der Waals surface area contributed by atoms with Gasteiger partial charge in [0.1, 0.15) is 5.75 Å². The molecule has 0 aliphatic rings. The second-order valence-corrected chi connectivity index (χ2v) is 4.20. The molecule has 0 aliphatic heterocycles. The van der Waals surface area contributed by atoms with Crippen LogP contribution in [-0.2, 0) is 4.65 Å². The lowest BCUT2D eigenvalue weighted by molar-refractivity contribution is 0.416. The van der Waals surface area contributed by atoms with Gasteiger partial charge in [0.15, 0.2) is 0 Å². The normalized spacial score (nSPS) is 10.2. The Kier molecular flexibility index (Phi) is 4.05. The summed E-state index contributed by atoms with van der Waals surface area (Å²) >= 11 is 0. The average molecular weight is 240 g/mol. The quantitative estimate of drug-likeness (QED) is 0.765. The minimum Gasteiger partial charge on any atom is -0.496 e. The molecule has 0 unspecified atom stereocenters. The molecule has 0 spiro atoms. The molecule has 0 atom stereocenters. The Morgan fingerprint density at radius 3 is 2.44 bits per heavy atom. The molecule has 0 aromatic heterocycles. The van der Waals surface area contributed by atoms with Gasteiger partial charge >= 0.3 is 6.92 Å². The Morgan fingerprint density at radius 2 is 1.72 bits per heavy atom. The third-order valence-corrected chi connectivity index (χ3v) is 3.13. The van der Waals surface area contributed by atoms with Crippen LogP contribution in [0.3, 0.4) is 0 Å². The van der Waals surface area contributed by atoms with E-state index in [-0.39, 0.29) is 6.92 Å². The fourth-order valence-corrected chi connectivity index (χ4v) is 1.98. The first kappa shape index (κ1) is 12.7. The Labute approximate surface area is 109 Å². The SMILES string of the molecule is COB(C)c1cccc(-c2ccccc2OC)c1. The van der Waals surface area contributed by atoms with Gasteiger partial charge in [-0.05, 0) is 17.1 Å². The second-order valence-electron chi connectivity index (χ2n) is 4.20. The lowest BCUT2D eigenvalue weighted by Gasteiger charge is -2.11. The van der Waals surface area contributed by atoms with E-state index in [0.29, 0.717) is 0 Å². The average Bonchev–Trinajstić information content (AvgIpc) is 2.46. The topological polar surface area (TPSA) is 18.5 Å². The summed E-state index contributed by atoms with van der Waals surface area (Å²) < 4.78 is 10.7. The minimum absolute atomic E-state index is 0.0969. The summed E-state index contributed by atoms with van der Waals surface area (Å²) in [6.07, 6.45) is 0. The van der Waals surface area contributed by atoms with Gasteiger partial charge in [0, 0.05) is 12.7 Å². The zero-order chi connectivity index (χ0) is 13.0. The molecule has 0 amide bonds. The third-order valence-electron chi connectivity index (χ3n) is 3.13. The van der Waals surface area contributed by atoms with Crippen molar-refractivity contribution in [2.75, 3.05) is 14.2 Å². The number of ether oxygens (including phenoxy) is 1. The molecule has 0 N–H and O–H groups in total. The van der Waals surface area contributed by atoms with E-state index < -0.39 is 0 Å². The molecule has 0 radical (unpaired) electrons. The van der Waals surface area contributed by atoms with Crippen molar-refractivity contribution in [3.05, 3.63) is 48.5 Å². The summed E-state index contributed by atoms with van der Waals surface area (Å²) in [5, 5.41) is 0. The van der Waals surface area contributed by atoms with E-state index in [1.54, 1.807) is 14.2 Å². The van der Waals surface area contributed by atoms with Crippen LogP contribution in [-0.4, -0.2) is 21.1 Å². The number of para-hydroxylation sites is 1. The molecule has 0 saturated heterocycles. The van der Waals surface area contributed by atoms with Gasteiger partial charge in [-0.1, -0.05) is 49.3 Å². The van der Waals surface area contributed by atoms with Crippen molar-refractivity contribution in [3.63, 3.8) is 0 Å². The van der Waals surface area contributed by atoms with Crippen LogP contribution in [0.4, 0.5) is 0 Å². The fraction of sp³-hybridized carbons (Fsp3) is 0.200. The van der Waals surface area contributed by atoms with Crippen LogP contribution in [0.1, 0.15) is 0 Å². The lowest BCUT2D eigenvalue weighted by atomic mass is 9.63. The van der Waals surface area contributed by atoms with Crippen molar-refractivity contribution in [3.8, 4) is 16.9 Å². The zero-order valence-electron chi connectivity index (χ0n) is 11.0. The summed E-state index contributed by atoms with van der Waals surface area (Å²) in [7, 11) is 3.42. The van der Waals surface area contributed by atoms with E-state index in [2.05, 4.69) is 24.3 Å². The second kappa shape index (κ2) is 5.74. The Balaban J connectivity index is 2.44.